The van der Waals surface area contributed by atoms with Crippen LogP contribution in [-0.2, 0) is 4.79 Å². The van der Waals surface area contributed by atoms with Gasteiger partial charge in [-0.3, -0.25) is 19.3 Å². The lowest BCUT2D eigenvalue weighted by molar-refractivity contribution is -0.121. The van der Waals surface area contributed by atoms with E-state index in [0.29, 0.717) is 17.7 Å². The number of nitrogens with zero attached hydrogens (tertiary/aromatic N) is 2. The lowest BCUT2D eigenvalue weighted by Gasteiger charge is -2.23. The number of thiophene rings is 1. The van der Waals surface area contributed by atoms with Gasteiger partial charge in [0.05, 0.1) is 17.2 Å². The van der Waals surface area contributed by atoms with E-state index in [4.69, 9.17) is 0 Å². The summed E-state index contributed by atoms with van der Waals surface area (Å²) in [5.74, 6) is -0.884. The summed E-state index contributed by atoms with van der Waals surface area (Å²) in [7, 11) is 3.93. The van der Waals surface area contributed by atoms with Crippen molar-refractivity contribution >= 4 is 45.0 Å². The maximum atomic E-state index is 12.4. The van der Waals surface area contributed by atoms with Crippen molar-refractivity contribution in [2.75, 3.05) is 27.2 Å². The second-order valence-corrected chi connectivity index (χ2v) is 8.40. The Balaban J connectivity index is 1.55. The van der Waals surface area contributed by atoms with Crippen LogP contribution in [0.5, 0.6) is 0 Å². The predicted molar refractivity (Wildman–Crippen MR) is 108 cm³/mol. The van der Waals surface area contributed by atoms with E-state index in [0.717, 1.165) is 9.37 Å². The molecule has 2 heterocycles. The number of benzene rings is 1. The molecular weight excluding hydrogens is 430 g/mol. The van der Waals surface area contributed by atoms with Crippen LogP contribution in [-0.4, -0.2) is 54.7 Å². The summed E-state index contributed by atoms with van der Waals surface area (Å²) in [5, 5.41) is 4.91. The summed E-state index contributed by atoms with van der Waals surface area (Å²) in [5.41, 5.74) is 0.758. The molecule has 1 aliphatic rings. The van der Waals surface area contributed by atoms with Crippen molar-refractivity contribution in [1.82, 2.24) is 15.1 Å². The molecule has 0 aliphatic carbocycles. The Hall–Kier alpha value is -2.03. The van der Waals surface area contributed by atoms with Gasteiger partial charge in [-0.2, -0.15) is 0 Å². The molecule has 1 unspecified atom stereocenters. The largest absolute Gasteiger partial charge is 0.354 e. The van der Waals surface area contributed by atoms with Gasteiger partial charge in [0.15, 0.2) is 0 Å². The SMILES string of the molecule is CN(C)C(CNC(=O)CCN1C(=O)c2ccc(Br)cc2C1=O)c1cccs1. The van der Waals surface area contributed by atoms with Gasteiger partial charge in [0.1, 0.15) is 0 Å². The standard InChI is InChI=1S/C19H20BrN3O3S/c1-22(2)15(16-4-3-9-27-16)11-21-17(24)7-8-23-18(25)13-6-5-12(20)10-14(13)19(23)26/h3-6,9-10,15H,7-8,11H2,1-2H3,(H,21,24). The fourth-order valence-electron chi connectivity index (χ4n) is 3.00. The quantitative estimate of drug-likeness (QED) is 0.659. The summed E-state index contributed by atoms with van der Waals surface area (Å²) in [6.07, 6.45) is 0.0806. The van der Waals surface area contributed by atoms with Crippen LogP contribution in [0.15, 0.2) is 40.2 Å². The van der Waals surface area contributed by atoms with Crippen molar-refractivity contribution in [2.45, 2.75) is 12.5 Å². The second-order valence-electron chi connectivity index (χ2n) is 6.50. The number of likely N-dealkylation sites (N-methyl/N-ethyl adjacent to an activating group) is 1. The minimum atomic E-state index is -0.353. The normalized spacial score (nSPS) is 14.6. The number of imide groups is 1. The topological polar surface area (TPSA) is 69.7 Å². The molecule has 27 heavy (non-hydrogen) atoms. The van der Waals surface area contributed by atoms with Crippen molar-refractivity contribution in [2.24, 2.45) is 0 Å². The van der Waals surface area contributed by atoms with Gasteiger partial charge < -0.3 is 10.2 Å². The first kappa shape index (κ1) is 19.7. The van der Waals surface area contributed by atoms with Gasteiger partial charge >= 0.3 is 0 Å². The molecule has 0 saturated heterocycles. The van der Waals surface area contributed by atoms with Crippen LogP contribution in [0.25, 0.3) is 0 Å². The number of fused-ring (bicyclic) bond motifs is 1. The molecule has 142 valence electrons. The van der Waals surface area contributed by atoms with Crippen LogP contribution in [0.4, 0.5) is 0 Å². The van der Waals surface area contributed by atoms with Crippen molar-refractivity contribution in [3.8, 4) is 0 Å². The number of hydrogen-bond acceptors (Lipinski definition) is 5. The maximum absolute atomic E-state index is 12.4. The minimum Gasteiger partial charge on any atom is -0.354 e. The number of nitrogens with one attached hydrogen (secondary N) is 1. The summed E-state index contributed by atoms with van der Waals surface area (Å²) in [6, 6.07) is 9.11. The molecule has 0 fully saturated rings. The van der Waals surface area contributed by atoms with Gasteiger partial charge in [-0.15, -0.1) is 11.3 Å². The third-order valence-corrected chi connectivity index (χ3v) is 5.95. The highest BCUT2D eigenvalue weighted by molar-refractivity contribution is 9.10. The number of rotatable bonds is 7. The van der Waals surface area contributed by atoms with Crippen molar-refractivity contribution in [3.63, 3.8) is 0 Å². The molecule has 0 spiro atoms. The molecule has 1 aromatic carbocycles. The predicted octanol–water partition coefficient (Wildman–Crippen LogP) is 2.92. The van der Waals surface area contributed by atoms with E-state index < -0.39 is 0 Å². The third kappa shape index (κ3) is 4.28. The van der Waals surface area contributed by atoms with Gasteiger partial charge in [-0.1, -0.05) is 22.0 Å². The number of amides is 3. The third-order valence-electron chi connectivity index (χ3n) is 4.48. The first-order valence-electron chi connectivity index (χ1n) is 8.50. The van der Waals surface area contributed by atoms with Gasteiger partial charge in [0, 0.05) is 28.9 Å². The highest BCUT2D eigenvalue weighted by Gasteiger charge is 2.35. The molecular formula is C19H20BrN3O3S. The van der Waals surface area contributed by atoms with Crippen LogP contribution >= 0.6 is 27.3 Å². The van der Waals surface area contributed by atoms with E-state index in [9.17, 15) is 14.4 Å². The van der Waals surface area contributed by atoms with E-state index >= 15 is 0 Å². The molecule has 1 aliphatic heterocycles. The second kappa shape index (κ2) is 8.33. The molecule has 3 rings (SSSR count). The number of hydrogen-bond donors (Lipinski definition) is 1. The molecule has 2 aromatic rings. The van der Waals surface area contributed by atoms with E-state index in [1.54, 1.807) is 29.5 Å². The van der Waals surface area contributed by atoms with Crippen LogP contribution < -0.4 is 5.32 Å². The Kier molecular flexibility index (Phi) is 6.08. The maximum Gasteiger partial charge on any atom is 0.261 e. The van der Waals surface area contributed by atoms with Gasteiger partial charge in [-0.05, 0) is 43.7 Å². The molecule has 3 amide bonds. The average Bonchev–Trinajstić information content (AvgIpc) is 3.22. The van der Waals surface area contributed by atoms with Crippen LogP contribution in [0.1, 0.15) is 38.1 Å². The van der Waals surface area contributed by atoms with Crippen molar-refractivity contribution in [1.29, 1.82) is 0 Å². The average molecular weight is 450 g/mol. The van der Waals surface area contributed by atoms with Crippen LogP contribution in [0.2, 0.25) is 0 Å². The van der Waals surface area contributed by atoms with Gasteiger partial charge in [0.25, 0.3) is 11.8 Å². The smallest absolute Gasteiger partial charge is 0.261 e. The van der Waals surface area contributed by atoms with E-state index in [1.165, 1.54) is 4.88 Å². The number of halogens is 1. The zero-order chi connectivity index (χ0) is 19.6. The Morgan fingerprint density at radius 2 is 1.96 bits per heavy atom. The fraction of sp³-hybridized carbons (Fsp3) is 0.316. The Morgan fingerprint density at radius 3 is 2.63 bits per heavy atom. The van der Waals surface area contributed by atoms with E-state index in [1.807, 2.05) is 36.5 Å². The fourth-order valence-corrected chi connectivity index (χ4v) is 4.28. The molecule has 0 bridgehead atoms. The Morgan fingerprint density at radius 1 is 1.22 bits per heavy atom. The van der Waals surface area contributed by atoms with Gasteiger partial charge in [0.2, 0.25) is 5.91 Å². The lowest BCUT2D eigenvalue weighted by Crippen LogP contribution is -2.37. The summed E-state index contributed by atoms with van der Waals surface area (Å²) < 4.78 is 0.741. The summed E-state index contributed by atoms with van der Waals surface area (Å²) in [4.78, 5) is 41.4. The monoisotopic (exact) mass is 449 g/mol. The van der Waals surface area contributed by atoms with E-state index in [-0.39, 0.29) is 36.7 Å². The molecule has 1 N–H and O–H groups in total. The van der Waals surface area contributed by atoms with Crippen molar-refractivity contribution < 1.29 is 14.4 Å². The minimum absolute atomic E-state index is 0.0709. The highest BCUT2D eigenvalue weighted by Crippen LogP contribution is 2.26. The zero-order valence-corrected chi connectivity index (χ0v) is 17.5. The zero-order valence-electron chi connectivity index (χ0n) is 15.1. The molecule has 1 atom stereocenters. The first-order valence-corrected chi connectivity index (χ1v) is 10.2. The summed E-state index contributed by atoms with van der Waals surface area (Å²) in [6.45, 7) is 0.544. The molecule has 1 aromatic heterocycles. The Bertz CT molecular complexity index is 867. The Labute approximate surface area is 170 Å². The molecule has 6 nitrogen and oxygen atoms in total. The first-order chi connectivity index (χ1) is 12.9. The lowest BCUT2D eigenvalue weighted by atomic mass is 10.1. The summed E-state index contributed by atoms with van der Waals surface area (Å²) >= 11 is 4.95. The number of carbonyl (C=O) groups is 3. The molecule has 0 saturated carbocycles. The highest BCUT2D eigenvalue weighted by atomic mass is 79.9. The molecule has 0 radical (unpaired) electrons. The van der Waals surface area contributed by atoms with Crippen molar-refractivity contribution in [3.05, 3.63) is 56.2 Å². The molecule has 8 heteroatoms. The van der Waals surface area contributed by atoms with Gasteiger partial charge in [-0.25, -0.2) is 0 Å². The number of carbonyl (C=O) groups excluding carboxylic acids is 3. The van der Waals surface area contributed by atoms with Crippen LogP contribution in [0, 0.1) is 0 Å². The van der Waals surface area contributed by atoms with Crippen LogP contribution in [0.3, 0.4) is 0 Å². The van der Waals surface area contributed by atoms with E-state index in [2.05, 4.69) is 21.2 Å².